The Morgan fingerprint density at radius 3 is 2.91 bits per heavy atom. The van der Waals surface area contributed by atoms with Gasteiger partial charge in [0.1, 0.15) is 12.6 Å². The summed E-state index contributed by atoms with van der Waals surface area (Å²) in [7, 11) is 0. The molecule has 0 saturated carbocycles. The van der Waals surface area contributed by atoms with Gasteiger partial charge in [-0.05, 0) is 48.1 Å². The molecule has 2 aliphatic rings. The number of carbonyl (C=O) groups is 3. The van der Waals surface area contributed by atoms with Crippen LogP contribution in [0.1, 0.15) is 33.1 Å². The van der Waals surface area contributed by atoms with E-state index >= 15 is 0 Å². The Morgan fingerprint density at radius 2 is 2.19 bits per heavy atom. The van der Waals surface area contributed by atoms with Crippen LogP contribution in [0.5, 0.6) is 0 Å². The summed E-state index contributed by atoms with van der Waals surface area (Å²) in [5.41, 5.74) is 7.32. The van der Waals surface area contributed by atoms with Crippen LogP contribution in [-0.4, -0.2) is 57.3 Å². The highest BCUT2D eigenvalue weighted by Crippen LogP contribution is 2.34. The van der Waals surface area contributed by atoms with Crippen molar-refractivity contribution < 1.29 is 19.1 Å². The highest BCUT2D eigenvalue weighted by atomic mass is 32.1. The average molecular weight is 451 g/mol. The van der Waals surface area contributed by atoms with Gasteiger partial charge in [-0.25, -0.2) is 4.98 Å². The van der Waals surface area contributed by atoms with Crippen LogP contribution in [0.2, 0.25) is 0 Å². The van der Waals surface area contributed by atoms with Gasteiger partial charge < -0.3 is 19.9 Å². The lowest BCUT2D eigenvalue weighted by Gasteiger charge is -2.28. The van der Waals surface area contributed by atoms with Gasteiger partial charge in [-0.3, -0.25) is 14.4 Å². The Labute approximate surface area is 188 Å². The zero-order chi connectivity index (χ0) is 22.2. The molecule has 0 spiro atoms. The number of rotatable bonds is 6. The van der Waals surface area contributed by atoms with Gasteiger partial charge in [-0.1, -0.05) is 6.07 Å². The van der Waals surface area contributed by atoms with E-state index in [0.717, 1.165) is 10.6 Å². The number of ether oxygens (including phenoxy) is 1. The zero-order valence-electron chi connectivity index (χ0n) is 17.2. The van der Waals surface area contributed by atoms with Crippen molar-refractivity contribution in [2.45, 2.75) is 30.9 Å². The second-order valence-corrected chi connectivity index (χ2v) is 9.05. The number of nitrogens with zero attached hydrogens (tertiary/aromatic N) is 3. The predicted octanol–water partition coefficient (Wildman–Crippen LogP) is 1.93. The van der Waals surface area contributed by atoms with E-state index in [4.69, 9.17) is 10.5 Å². The van der Waals surface area contributed by atoms with E-state index in [1.165, 1.54) is 0 Å². The first kappa shape index (κ1) is 20.6. The van der Waals surface area contributed by atoms with E-state index in [2.05, 4.69) is 4.98 Å². The van der Waals surface area contributed by atoms with Crippen molar-refractivity contribution in [1.82, 2.24) is 14.5 Å². The second kappa shape index (κ2) is 8.33. The molecule has 32 heavy (non-hydrogen) atoms. The first-order valence-corrected chi connectivity index (χ1v) is 11.3. The first-order valence-electron chi connectivity index (χ1n) is 10.4. The first-order chi connectivity index (χ1) is 15.5. The molecule has 164 valence electrons. The number of aromatic nitrogens is 2. The Bertz CT molecular complexity index is 1160. The number of benzene rings is 1. The normalized spacial score (nSPS) is 21.0. The van der Waals surface area contributed by atoms with E-state index in [0.29, 0.717) is 30.5 Å². The zero-order valence-corrected chi connectivity index (χ0v) is 18.0. The molecule has 0 radical (unpaired) electrons. The smallest absolute Gasteiger partial charge is 0.249 e. The molecule has 2 saturated heterocycles. The Hall–Kier alpha value is -3.30. The SMILES string of the molecule is NC(=O)c1ccc(-n2ccnc2)cc1C(Cc1cccs1)C(=O)N1CCC2OCC(=O)C21. The Kier molecular flexibility index (Phi) is 5.36. The van der Waals surface area contributed by atoms with Crippen molar-refractivity contribution in [1.29, 1.82) is 0 Å². The quantitative estimate of drug-likeness (QED) is 0.617. The van der Waals surface area contributed by atoms with Crippen LogP contribution in [0, 0.1) is 0 Å². The van der Waals surface area contributed by atoms with Gasteiger partial charge in [0.05, 0.1) is 18.3 Å². The maximum absolute atomic E-state index is 13.9. The Morgan fingerprint density at radius 1 is 1.31 bits per heavy atom. The molecule has 3 unspecified atom stereocenters. The Balaban J connectivity index is 1.59. The van der Waals surface area contributed by atoms with Gasteiger partial charge in [0.15, 0.2) is 5.78 Å². The fraction of sp³-hybridized carbons (Fsp3) is 0.304. The molecule has 9 heteroatoms. The summed E-state index contributed by atoms with van der Waals surface area (Å²) in [6.07, 6.45) is 5.89. The number of thiophene rings is 1. The maximum Gasteiger partial charge on any atom is 0.249 e. The lowest BCUT2D eigenvalue weighted by atomic mass is 9.88. The molecular formula is C23H22N4O4S. The summed E-state index contributed by atoms with van der Waals surface area (Å²) in [6, 6.07) is 8.58. The van der Waals surface area contributed by atoms with Gasteiger partial charge in [-0.2, -0.15) is 0 Å². The van der Waals surface area contributed by atoms with Gasteiger partial charge in [0.2, 0.25) is 11.8 Å². The van der Waals surface area contributed by atoms with Crippen molar-refractivity contribution in [3.05, 3.63) is 70.4 Å². The minimum atomic E-state index is -0.660. The molecular weight excluding hydrogens is 428 g/mol. The molecule has 4 heterocycles. The molecule has 2 amide bonds. The van der Waals surface area contributed by atoms with E-state index in [1.807, 2.05) is 23.6 Å². The lowest BCUT2D eigenvalue weighted by molar-refractivity contribution is -0.137. The topological polar surface area (TPSA) is 108 Å². The highest BCUT2D eigenvalue weighted by molar-refractivity contribution is 7.09. The third kappa shape index (κ3) is 3.63. The summed E-state index contributed by atoms with van der Waals surface area (Å²) in [4.78, 5) is 45.3. The summed E-state index contributed by atoms with van der Waals surface area (Å²) in [5, 5.41) is 1.95. The molecule has 0 aliphatic carbocycles. The number of nitrogens with two attached hydrogens (primary N) is 1. The molecule has 3 aromatic rings. The summed E-state index contributed by atoms with van der Waals surface area (Å²) < 4.78 is 7.37. The van der Waals surface area contributed by atoms with Crippen LogP contribution in [0.25, 0.3) is 5.69 Å². The highest BCUT2D eigenvalue weighted by Gasteiger charge is 2.48. The van der Waals surface area contributed by atoms with Crippen LogP contribution in [0.3, 0.4) is 0 Å². The van der Waals surface area contributed by atoms with Crippen molar-refractivity contribution in [2.75, 3.05) is 13.2 Å². The predicted molar refractivity (Wildman–Crippen MR) is 118 cm³/mol. The molecule has 2 aromatic heterocycles. The van der Waals surface area contributed by atoms with E-state index in [-0.39, 0.29) is 24.4 Å². The number of amides is 2. The molecule has 3 atom stereocenters. The lowest BCUT2D eigenvalue weighted by Crippen LogP contribution is -2.44. The van der Waals surface area contributed by atoms with Gasteiger partial charge in [0, 0.05) is 35.1 Å². The van der Waals surface area contributed by atoms with Gasteiger partial charge in [0.25, 0.3) is 0 Å². The summed E-state index contributed by atoms with van der Waals surface area (Å²) in [6.45, 7) is 0.491. The number of imidazole rings is 1. The van der Waals surface area contributed by atoms with Crippen molar-refractivity contribution >= 4 is 28.9 Å². The number of Topliss-reactive ketones (excluding diaryl/α,β-unsaturated/α-hetero) is 1. The number of ketones is 1. The van der Waals surface area contributed by atoms with Crippen molar-refractivity contribution in [3.63, 3.8) is 0 Å². The second-order valence-electron chi connectivity index (χ2n) is 8.02. The number of primary amides is 1. The fourth-order valence-electron chi connectivity index (χ4n) is 4.64. The minimum Gasteiger partial charge on any atom is -0.368 e. The van der Waals surface area contributed by atoms with Crippen LogP contribution in [0.15, 0.2) is 54.4 Å². The molecule has 2 aliphatic heterocycles. The van der Waals surface area contributed by atoms with Crippen LogP contribution in [-0.2, 0) is 20.7 Å². The fourth-order valence-corrected chi connectivity index (χ4v) is 5.39. The summed E-state index contributed by atoms with van der Waals surface area (Å²) in [5.74, 6) is -1.51. The number of fused-ring (bicyclic) bond motifs is 1. The van der Waals surface area contributed by atoms with Crippen LogP contribution < -0.4 is 5.73 Å². The van der Waals surface area contributed by atoms with E-state index in [9.17, 15) is 14.4 Å². The standard InChI is InChI=1S/C23H22N4O4S/c24-22(29)16-4-3-14(26-8-6-25-13-26)10-17(16)18(11-15-2-1-9-32-15)23(30)27-7-5-20-21(27)19(28)12-31-20/h1-4,6,8-10,13,18,20-21H,5,7,11-12H2,(H2,24,29). The number of carbonyl (C=O) groups excluding carboxylic acids is 3. The molecule has 2 fully saturated rings. The van der Waals surface area contributed by atoms with Crippen LogP contribution in [0.4, 0.5) is 0 Å². The average Bonchev–Trinajstić information content (AvgIpc) is 3.58. The number of hydrogen-bond acceptors (Lipinski definition) is 6. The molecule has 1 aromatic carbocycles. The third-order valence-electron chi connectivity index (χ3n) is 6.16. The largest absolute Gasteiger partial charge is 0.368 e. The number of hydrogen-bond donors (Lipinski definition) is 1. The van der Waals surface area contributed by atoms with Crippen LogP contribution >= 0.6 is 11.3 Å². The molecule has 0 bridgehead atoms. The van der Waals surface area contributed by atoms with Crippen molar-refractivity contribution in [2.24, 2.45) is 5.73 Å². The van der Waals surface area contributed by atoms with Gasteiger partial charge >= 0.3 is 0 Å². The minimum absolute atomic E-state index is 0.0390. The van der Waals surface area contributed by atoms with Crippen molar-refractivity contribution in [3.8, 4) is 5.69 Å². The third-order valence-corrected chi connectivity index (χ3v) is 7.06. The maximum atomic E-state index is 13.9. The number of likely N-dealkylation sites (tertiary alicyclic amines) is 1. The molecule has 5 rings (SSSR count). The molecule has 2 N–H and O–H groups in total. The van der Waals surface area contributed by atoms with E-state index < -0.39 is 17.9 Å². The van der Waals surface area contributed by atoms with Gasteiger partial charge in [-0.15, -0.1) is 11.3 Å². The monoisotopic (exact) mass is 450 g/mol. The summed E-state index contributed by atoms with van der Waals surface area (Å²) >= 11 is 1.55. The molecule has 8 nitrogen and oxygen atoms in total. The van der Waals surface area contributed by atoms with E-state index in [1.54, 1.807) is 51.7 Å².